The van der Waals surface area contributed by atoms with Crippen LogP contribution in [0.5, 0.6) is 0 Å². The molecule has 0 saturated carbocycles. The highest BCUT2D eigenvalue weighted by atomic mass is 32.2. The number of ether oxygens (including phenoxy) is 1. The van der Waals surface area contributed by atoms with Crippen LogP contribution >= 0.6 is 0 Å². The normalized spacial score (nSPS) is 18.1. The number of hydrogen-bond acceptors (Lipinski definition) is 5. The second-order valence-corrected chi connectivity index (χ2v) is 11.5. The van der Waals surface area contributed by atoms with E-state index < -0.39 is 21.8 Å². The molecule has 1 saturated heterocycles. The van der Waals surface area contributed by atoms with Crippen molar-refractivity contribution in [2.45, 2.75) is 30.6 Å². The fourth-order valence-corrected chi connectivity index (χ4v) is 6.94. The van der Waals surface area contributed by atoms with Crippen molar-refractivity contribution in [3.8, 4) is 0 Å². The third-order valence-electron chi connectivity index (χ3n) is 7.24. The third-order valence-corrected chi connectivity index (χ3v) is 9.10. The molecule has 0 radical (unpaired) electrons. The van der Waals surface area contributed by atoms with Gasteiger partial charge >= 0.3 is 0 Å². The number of methoxy groups -OCH3 is 1. The maximum absolute atomic E-state index is 13.7. The summed E-state index contributed by atoms with van der Waals surface area (Å²) in [5, 5.41) is 1.72. The molecule has 0 N–H and O–H groups in total. The molecule has 3 aromatic carbocycles. The number of amides is 1. The van der Waals surface area contributed by atoms with Crippen LogP contribution in [-0.2, 0) is 26.0 Å². The molecule has 3 aromatic rings. The number of hydrogen-bond donors (Lipinski definition) is 0. The third kappa shape index (κ3) is 4.79. The minimum atomic E-state index is -3.89. The molecular formula is C28H29FN2O5S. The Morgan fingerprint density at radius 2 is 1.95 bits per heavy atom. The highest BCUT2D eigenvalue weighted by molar-refractivity contribution is 7.89. The first-order valence-corrected chi connectivity index (χ1v) is 13.9. The van der Waals surface area contributed by atoms with Crippen LogP contribution in [0.15, 0.2) is 59.5 Å². The van der Waals surface area contributed by atoms with E-state index in [0.717, 1.165) is 28.1 Å². The lowest BCUT2D eigenvalue weighted by Crippen LogP contribution is -2.42. The lowest BCUT2D eigenvalue weighted by Gasteiger charge is -2.31. The van der Waals surface area contributed by atoms with E-state index in [1.807, 2.05) is 30.3 Å². The number of sulfonamides is 1. The van der Waals surface area contributed by atoms with Crippen molar-refractivity contribution in [2.75, 3.05) is 38.3 Å². The average Bonchev–Trinajstić information content (AvgIpc) is 3.18. The van der Waals surface area contributed by atoms with Crippen LogP contribution in [0.2, 0.25) is 0 Å². The second kappa shape index (κ2) is 10.3. The summed E-state index contributed by atoms with van der Waals surface area (Å²) >= 11 is 0. The van der Waals surface area contributed by atoms with Gasteiger partial charge in [0.05, 0.1) is 10.6 Å². The summed E-state index contributed by atoms with van der Waals surface area (Å²) in [7, 11) is -2.26. The van der Waals surface area contributed by atoms with E-state index in [0.29, 0.717) is 44.5 Å². The standard InChI is InChI=1S/C28H29FN2O5S/c1-36-15-5-14-31-25-12-11-19(23-9-3-10-24(27(23)25)28(31)33)16-26(32)20-6-4-13-30(18-20)37(34,35)22-8-2-7-21(29)17-22/h2-3,7-12,17,20H,4-6,13-16,18H2,1H3. The number of piperidine rings is 1. The first kappa shape index (κ1) is 25.5. The predicted molar refractivity (Wildman–Crippen MR) is 139 cm³/mol. The molecule has 2 heterocycles. The van der Waals surface area contributed by atoms with E-state index in [9.17, 15) is 22.4 Å². The maximum Gasteiger partial charge on any atom is 0.258 e. The van der Waals surface area contributed by atoms with Gasteiger partial charge < -0.3 is 9.64 Å². The summed E-state index contributed by atoms with van der Waals surface area (Å²) in [5.74, 6) is -1.16. The van der Waals surface area contributed by atoms with E-state index in [1.54, 1.807) is 12.0 Å². The van der Waals surface area contributed by atoms with Crippen molar-refractivity contribution in [1.82, 2.24) is 4.31 Å². The zero-order valence-corrected chi connectivity index (χ0v) is 21.5. The van der Waals surface area contributed by atoms with Gasteiger partial charge in [-0.25, -0.2) is 12.8 Å². The first-order chi connectivity index (χ1) is 17.8. The number of rotatable bonds is 9. The lowest BCUT2D eigenvalue weighted by molar-refractivity contribution is -0.123. The Morgan fingerprint density at radius 3 is 2.73 bits per heavy atom. The second-order valence-electron chi connectivity index (χ2n) is 9.58. The number of carbonyl (C=O) groups is 2. The van der Waals surface area contributed by atoms with Gasteiger partial charge in [0.2, 0.25) is 10.0 Å². The van der Waals surface area contributed by atoms with Gasteiger partial charge in [0.1, 0.15) is 11.6 Å². The van der Waals surface area contributed by atoms with E-state index >= 15 is 0 Å². The van der Waals surface area contributed by atoms with Crippen molar-refractivity contribution in [2.24, 2.45) is 5.92 Å². The molecule has 1 unspecified atom stereocenters. The lowest BCUT2D eigenvalue weighted by atomic mass is 9.89. The minimum Gasteiger partial charge on any atom is -0.385 e. The molecule has 37 heavy (non-hydrogen) atoms. The van der Waals surface area contributed by atoms with Crippen LogP contribution in [-0.4, -0.2) is 57.8 Å². The van der Waals surface area contributed by atoms with Crippen molar-refractivity contribution in [1.29, 1.82) is 0 Å². The molecule has 1 amide bonds. The van der Waals surface area contributed by atoms with Crippen LogP contribution in [0, 0.1) is 11.7 Å². The molecule has 0 aromatic heterocycles. The predicted octanol–water partition coefficient (Wildman–Crippen LogP) is 4.19. The number of benzene rings is 3. The van der Waals surface area contributed by atoms with Crippen LogP contribution in [0.4, 0.5) is 10.1 Å². The van der Waals surface area contributed by atoms with Gasteiger partial charge in [-0.05, 0) is 60.5 Å². The van der Waals surface area contributed by atoms with Gasteiger partial charge in [-0.1, -0.05) is 24.3 Å². The smallest absolute Gasteiger partial charge is 0.258 e. The Balaban J connectivity index is 1.36. The Hall–Kier alpha value is -3.14. The zero-order chi connectivity index (χ0) is 26.2. The van der Waals surface area contributed by atoms with Crippen molar-refractivity contribution < 1.29 is 27.1 Å². The number of carbonyl (C=O) groups excluding carboxylic acids is 2. The molecule has 0 bridgehead atoms. The summed E-state index contributed by atoms with van der Waals surface area (Å²) in [5.41, 5.74) is 2.29. The van der Waals surface area contributed by atoms with Gasteiger partial charge in [0, 0.05) is 56.6 Å². The molecule has 9 heteroatoms. The van der Waals surface area contributed by atoms with E-state index in [-0.39, 0.29) is 29.6 Å². The first-order valence-electron chi connectivity index (χ1n) is 12.4. The number of anilines is 1. The molecule has 7 nitrogen and oxygen atoms in total. The maximum atomic E-state index is 13.7. The molecule has 1 fully saturated rings. The fourth-order valence-electron chi connectivity index (χ4n) is 5.38. The number of nitrogens with zero attached hydrogens (tertiary/aromatic N) is 2. The Labute approximate surface area is 215 Å². The number of halogens is 1. The molecule has 1 atom stereocenters. The Bertz CT molecular complexity index is 1470. The highest BCUT2D eigenvalue weighted by Crippen LogP contribution is 2.39. The molecule has 2 aliphatic rings. The topological polar surface area (TPSA) is 84.0 Å². The van der Waals surface area contributed by atoms with Gasteiger partial charge in [-0.15, -0.1) is 0 Å². The average molecular weight is 525 g/mol. The summed E-state index contributed by atoms with van der Waals surface area (Å²) in [6.07, 6.45) is 2.02. The SMILES string of the molecule is COCCCN1C(=O)c2cccc3c(CC(=O)C4CCCN(S(=O)(=O)c5cccc(F)c5)C4)ccc1c23. The van der Waals surface area contributed by atoms with Crippen LogP contribution in [0.1, 0.15) is 35.2 Å². The van der Waals surface area contributed by atoms with E-state index in [2.05, 4.69) is 0 Å². The zero-order valence-electron chi connectivity index (χ0n) is 20.7. The van der Waals surface area contributed by atoms with Crippen LogP contribution < -0.4 is 4.90 Å². The molecule has 5 rings (SSSR count). The number of Topliss-reactive ketones (excluding diaryl/α,β-unsaturated/α-hetero) is 1. The largest absolute Gasteiger partial charge is 0.385 e. The molecule has 0 aliphatic carbocycles. The molecule has 194 valence electrons. The van der Waals surface area contributed by atoms with Gasteiger partial charge in [0.15, 0.2) is 0 Å². The summed E-state index contributed by atoms with van der Waals surface area (Å²) in [4.78, 5) is 28.1. The fraction of sp³-hybridized carbons (Fsp3) is 0.357. The van der Waals surface area contributed by atoms with Crippen LogP contribution in [0.25, 0.3) is 10.8 Å². The quantitative estimate of drug-likeness (QED) is 0.392. The summed E-state index contributed by atoms with van der Waals surface area (Å²) in [6.45, 7) is 1.48. The van der Waals surface area contributed by atoms with Crippen molar-refractivity contribution in [3.63, 3.8) is 0 Å². The van der Waals surface area contributed by atoms with Crippen LogP contribution in [0.3, 0.4) is 0 Å². The molecule has 0 spiro atoms. The molecule has 2 aliphatic heterocycles. The molecular weight excluding hydrogens is 495 g/mol. The summed E-state index contributed by atoms with van der Waals surface area (Å²) < 4.78 is 46.2. The van der Waals surface area contributed by atoms with Crippen molar-refractivity contribution >= 4 is 38.2 Å². The minimum absolute atomic E-state index is 0.0406. The highest BCUT2D eigenvalue weighted by Gasteiger charge is 2.34. The summed E-state index contributed by atoms with van der Waals surface area (Å²) in [6, 6.07) is 14.3. The van der Waals surface area contributed by atoms with Gasteiger partial charge in [0.25, 0.3) is 5.91 Å². The number of ketones is 1. The van der Waals surface area contributed by atoms with Gasteiger partial charge in [-0.3, -0.25) is 9.59 Å². The Morgan fingerprint density at radius 1 is 1.14 bits per heavy atom. The van der Waals surface area contributed by atoms with Gasteiger partial charge in [-0.2, -0.15) is 4.31 Å². The monoisotopic (exact) mass is 524 g/mol. The Kier molecular flexibility index (Phi) is 7.11. The van der Waals surface area contributed by atoms with E-state index in [4.69, 9.17) is 4.74 Å². The van der Waals surface area contributed by atoms with E-state index in [1.165, 1.54) is 22.5 Å². The van der Waals surface area contributed by atoms with Crippen molar-refractivity contribution in [3.05, 3.63) is 71.5 Å².